The van der Waals surface area contributed by atoms with E-state index in [0.29, 0.717) is 16.8 Å². The Kier molecular flexibility index (Phi) is 3.48. The Morgan fingerprint density at radius 2 is 2.05 bits per heavy atom. The van der Waals surface area contributed by atoms with Crippen LogP contribution in [0.2, 0.25) is 0 Å². The lowest BCUT2D eigenvalue weighted by Crippen LogP contribution is -1.94. The number of para-hydroxylation sites is 1. The quantitative estimate of drug-likeness (QED) is 0.686. The van der Waals surface area contributed by atoms with Gasteiger partial charge in [-0.15, -0.1) is 11.3 Å². The molecular weight excluding hydrogens is 329 g/mol. The molecule has 0 saturated carbocycles. The third kappa shape index (κ3) is 2.77. The summed E-state index contributed by atoms with van der Waals surface area (Å²) in [6, 6.07) is 12.6. The minimum atomic E-state index is -0.299. The van der Waals surface area contributed by atoms with Crippen molar-refractivity contribution in [1.82, 2.24) is 4.98 Å². The van der Waals surface area contributed by atoms with Gasteiger partial charge in [0.1, 0.15) is 23.2 Å². The van der Waals surface area contributed by atoms with Gasteiger partial charge in [-0.2, -0.15) is 0 Å². The third-order valence-electron chi connectivity index (χ3n) is 2.59. The summed E-state index contributed by atoms with van der Waals surface area (Å²) >= 11 is 4.73. The minimum Gasteiger partial charge on any atom is -0.486 e. The van der Waals surface area contributed by atoms with Gasteiger partial charge in [0.25, 0.3) is 0 Å². The first-order valence-corrected chi connectivity index (χ1v) is 7.25. The van der Waals surface area contributed by atoms with E-state index in [0.717, 1.165) is 15.2 Å². The van der Waals surface area contributed by atoms with Crippen LogP contribution in [0.4, 0.5) is 4.39 Å². The summed E-state index contributed by atoms with van der Waals surface area (Å²) in [5.41, 5.74) is 0.978. The molecule has 0 unspecified atom stereocenters. The zero-order valence-electron chi connectivity index (χ0n) is 9.77. The molecule has 2 nitrogen and oxygen atoms in total. The number of rotatable bonds is 3. The van der Waals surface area contributed by atoms with Gasteiger partial charge in [-0.3, -0.25) is 0 Å². The Morgan fingerprint density at radius 3 is 2.84 bits per heavy atom. The van der Waals surface area contributed by atoms with Crippen molar-refractivity contribution in [3.8, 4) is 5.75 Å². The highest BCUT2D eigenvalue weighted by Crippen LogP contribution is 2.25. The number of benzene rings is 2. The highest BCUT2D eigenvalue weighted by Gasteiger charge is 2.05. The molecular formula is C14H9BrFNOS. The Morgan fingerprint density at radius 1 is 1.21 bits per heavy atom. The Bertz CT molecular complexity index is 695. The van der Waals surface area contributed by atoms with Crippen molar-refractivity contribution in [3.63, 3.8) is 0 Å². The van der Waals surface area contributed by atoms with Crippen LogP contribution in [-0.2, 0) is 6.61 Å². The molecule has 3 aromatic rings. The molecule has 3 rings (SSSR count). The second kappa shape index (κ2) is 5.27. The molecule has 0 bridgehead atoms. The van der Waals surface area contributed by atoms with Gasteiger partial charge in [0, 0.05) is 0 Å². The van der Waals surface area contributed by atoms with Crippen LogP contribution in [0, 0.1) is 5.82 Å². The minimum absolute atomic E-state index is 0.299. The number of thiazole rings is 1. The van der Waals surface area contributed by atoms with E-state index in [1.807, 2.05) is 24.3 Å². The Balaban J connectivity index is 1.76. The van der Waals surface area contributed by atoms with Crippen LogP contribution < -0.4 is 4.74 Å². The standard InChI is InChI=1S/C14H9BrFNOS/c15-10-7-9(5-6-11(10)16)18-8-14-17-12-3-1-2-4-13(12)19-14/h1-7H,8H2. The van der Waals surface area contributed by atoms with E-state index < -0.39 is 0 Å². The van der Waals surface area contributed by atoms with Gasteiger partial charge in [0.2, 0.25) is 0 Å². The maximum atomic E-state index is 13.1. The molecule has 2 aromatic carbocycles. The van der Waals surface area contributed by atoms with Crippen LogP contribution in [0.1, 0.15) is 5.01 Å². The van der Waals surface area contributed by atoms with Crippen LogP contribution in [-0.4, -0.2) is 4.98 Å². The molecule has 0 atom stereocenters. The van der Waals surface area contributed by atoms with Crippen molar-refractivity contribution in [2.24, 2.45) is 0 Å². The summed E-state index contributed by atoms with van der Waals surface area (Å²) in [6.45, 7) is 0.386. The maximum Gasteiger partial charge on any atom is 0.140 e. The lowest BCUT2D eigenvalue weighted by Gasteiger charge is -2.04. The average Bonchev–Trinajstić information content (AvgIpc) is 2.83. The first kappa shape index (κ1) is 12.6. The summed E-state index contributed by atoms with van der Waals surface area (Å²) in [7, 11) is 0. The molecule has 0 aliphatic carbocycles. The smallest absolute Gasteiger partial charge is 0.140 e. The molecule has 1 heterocycles. The molecule has 0 aliphatic rings. The van der Waals surface area contributed by atoms with E-state index in [1.165, 1.54) is 6.07 Å². The zero-order valence-corrected chi connectivity index (χ0v) is 12.2. The number of aromatic nitrogens is 1. The van der Waals surface area contributed by atoms with Crippen LogP contribution in [0.25, 0.3) is 10.2 Å². The average molecular weight is 338 g/mol. The summed E-state index contributed by atoms with van der Waals surface area (Å²) in [4.78, 5) is 4.48. The lowest BCUT2D eigenvalue weighted by molar-refractivity contribution is 0.305. The van der Waals surface area contributed by atoms with E-state index in [1.54, 1.807) is 23.5 Å². The molecule has 0 radical (unpaired) electrons. The number of nitrogens with zero attached hydrogens (tertiary/aromatic N) is 1. The molecule has 5 heteroatoms. The fourth-order valence-electron chi connectivity index (χ4n) is 1.69. The van der Waals surface area contributed by atoms with E-state index >= 15 is 0 Å². The molecule has 0 amide bonds. The van der Waals surface area contributed by atoms with Crippen LogP contribution in [0.3, 0.4) is 0 Å². The predicted octanol–water partition coefficient (Wildman–Crippen LogP) is 4.78. The summed E-state index contributed by atoms with van der Waals surface area (Å²) in [5, 5.41) is 0.904. The Labute approximate surface area is 122 Å². The Hall–Kier alpha value is -1.46. The highest BCUT2D eigenvalue weighted by molar-refractivity contribution is 9.10. The van der Waals surface area contributed by atoms with Gasteiger partial charge in [-0.05, 0) is 46.3 Å². The second-order valence-electron chi connectivity index (χ2n) is 3.94. The second-order valence-corrected chi connectivity index (χ2v) is 5.91. The zero-order chi connectivity index (χ0) is 13.2. The lowest BCUT2D eigenvalue weighted by atomic mass is 10.3. The molecule has 19 heavy (non-hydrogen) atoms. The van der Waals surface area contributed by atoms with Gasteiger partial charge in [0.05, 0.1) is 14.7 Å². The highest BCUT2D eigenvalue weighted by atomic mass is 79.9. The van der Waals surface area contributed by atoms with Crippen LogP contribution in [0.5, 0.6) is 5.75 Å². The van der Waals surface area contributed by atoms with E-state index in [9.17, 15) is 4.39 Å². The van der Waals surface area contributed by atoms with Gasteiger partial charge in [-0.1, -0.05) is 12.1 Å². The van der Waals surface area contributed by atoms with Crippen molar-refractivity contribution in [1.29, 1.82) is 0 Å². The predicted molar refractivity (Wildman–Crippen MR) is 78.1 cm³/mol. The molecule has 0 saturated heterocycles. The van der Waals surface area contributed by atoms with Gasteiger partial charge < -0.3 is 4.74 Å². The topological polar surface area (TPSA) is 22.1 Å². The van der Waals surface area contributed by atoms with Gasteiger partial charge >= 0.3 is 0 Å². The van der Waals surface area contributed by atoms with Crippen molar-refractivity contribution in [3.05, 3.63) is 57.8 Å². The number of ether oxygens (including phenoxy) is 1. The normalized spacial score (nSPS) is 10.8. The molecule has 0 fully saturated rings. The van der Waals surface area contributed by atoms with Crippen molar-refractivity contribution < 1.29 is 9.13 Å². The molecule has 96 valence electrons. The van der Waals surface area contributed by atoms with Gasteiger partial charge in [0.15, 0.2) is 0 Å². The summed E-state index contributed by atoms with van der Waals surface area (Å²) in [5.74, 6) is 0.319. The maximum absolute atomic E-state index is 13.1. The monoisotopic (exact) mass is 337 g/mol. The molecule has 0 aliphatic heterocycles. The van der Waals surface area contributed by atoms with Gasteiger partial charge in [-0.25, -0.2) is 9.37 Å². The third-order valence-corrected chi connectivity index (χ3v) is 4.21. The van der Waals surface area contributed by atoms with Crippen LogP contribution in [0.15, 0.2) is 46.9 Å². The fourth-order valence-corrected chi connectivity index (χ4v) is 2.93. The SMILES string of the molecule is Fc1ccc(OCc2nc3ccccc3s2)cc1Br. The molecule has 0 N–H and O–H groups in total. The number of hydrogen-bond acceptors (Lipinski definition) is 3. The van der Waals surface area contributed by atoms with Crippen molar-refractivity contribution in [2.75, 3.05) is 0 Å². The van der Waals surface area contributed by atoms with Crippen molar-refractivity contribution >= 4 is 37.5 Å². The van der Waals surface area contributed by atoms with Crippen molar-refractivity contribution in [2.45, 2.75) is 6.61 Å². The van der Waals surface area contributed by atoms with E-state index in [2.05, 4.69) is 20.9 Å². The summed E-state index contributed by atoms with van der Waals surface area (Å²) < 4.78 is 20.2. The fraction of sp³-hybridized carbons (Fsp3) is 0.0714. The summed E-state index contributed by atoms with van der Waals surface area (Å²) in [6.07, 6.45) is 0. The molecule has 0 spiro atoms. The van der Waals surface area contributed by atoms with E-state index in [-0.39, 0.29) is 5.82 Å². The number of halogens is 2. The van der Waals surface area contributed by atoms with Crippen LogP contribution >= 0.6 is 27.3 Å². The number of fused-ring (bicyclic) bond motifs is 1. The first-order chi connectivity index (χ1) is 9.22. The van der Waals surface area contributed by atoms with E-state index in [4.69, 9.17) is 4.74 Å². The largest absolute Gasteiger partial charge is 0.486 e. The molecule has 1 aromatic heterocycles. The number of hydrogen-bond donors (Lipinski definition) is 0. The first-order valence-electron chi connectivity index (χ1n) is 5.65.